The number of aromatic nitrogens is 4. The van der Waals surface area contributed by atoms with Crippen molar-refractivity contribution >= 4 is 11.3 Å². The maximum absolute atomic E-state index is 4.73. The van der Waals surface area contributed by atoms with Gasteiger partial charge in [0.15, 0.2) is 0 Å². The molecule has 0 radical (unpaired) electrons. The van der Waals surface area contributed by atoms with Gasteiger partial charge in [0.25, 0.3) is 0 Å². The molecule has 0 saturated carbocycles. The Morgan fingerprint density at radius 1 is 0.952 bits per heavy atom. The van der Waals surface area contributed by atoms with Crippen LogP contribution in [-0.2, 0) is 12.8 Å². The first-order chi connectivity index (χ1) is 10.3. The Balaban J connectivity index is 1.63. The quantitative estimate of drug-likeness (QED) is 0.576. The number of rotatable bonds is 3. The summed E-state index contributed by atoms with van der Waals surface area (Å²) in [7, 11) is 0. The standard InChI is InChI=1S/C17H16N4/c1-13-4-2-10-21-12-15(19-16(13)21)7-6-14-5-3-9-20-11-8-18-17(14)20/h2-5,8-12H,6-7H2,1H3. The number of nitrogens with zero attached hydrogens (tertiary/aromatic N) is 4. The lowest BCUT2D eigenvalue weighted by atomic mass is 10.1. The highest BCUT2D eigenvalue weighted by atomic mass is 15.0. The number of fused-ring (bicyclic) bond motifs is 2. The van der Waals surface area contributed by atoms with Gasteiger partial charge < -0.3 is 8.80 Å². The summed E-state index contributed by atoms with van der Waals surface area (Å²) in [5.41, 5.74) is 5.68. The summed E-state index contributed by atoms with van der Waals surface area (Å²) in [4.78, 5) is 9.16. The predicted octanol–water partition coefficient (Wildman–Crippen LogP) is 3.08. The topological polar surface area (TPSA) is 34.6 Å². The predicted molar refractivity (Wildman–Crippen MR) is 82.5 cm³/mol. The first-order valence-electron chi connectivity index (χ1n) is 7.15. The van der Waals surface area contributed by atoms with Gasteiger partial charge in [-0.2, -0.15) is 0 Å². The van der Waals surface area contributed by atoms with Crippen molar-refractivity contribution in [2.45, 2.75) is 19.8 Å². The molecular weight excluding hydrogens is 260 g/mol. The lowest BCUT2D eigenvalue weighted by molar-refractivity contribution is 0.922. The average molecular weight is 276 g/mol. The van der Waals surface area contributed by atoms with E-state index in [9.17, 15) is 0 Å². The summed E-state index contributed by atoms with van der Waals surface area (Å²) in [5, 5.41) is 0. The lowest BCUT2D eigenvalue weighted by Crippen LogP contribution is -1.95. The van der Waals surface area contributed by atoms with Crippen molar-refractivity contribution in [1.82, 2.24) is 18.8 Å². The Morgan fingerprint density at radius 3 is 2.71 bits per heavy atom. The van der Waals surface area contributed by atoms with Gasteiger partial charge >= 0.3 is 0 Å². The zero-order chi connectivity index (χ0) is 14.2. The third-order valence-corrected chi connectivity index (χ3v) is 3.88. The van der Waals surface area contributed by atoms with Crippen molar-refractivity contribution in [2.75, 3.05) is 0 Å². The van der Waals surface area contributed by atoms with Crippen molar-refractivity contribution in [1.29, 1.82) is 0 Å². The van der Waals surface area contributed by atoms with Crippen LogP contribution in [0.4, 0.5) is 0 Å². The van der Waals surface area contributed by atoms with Crippen LogP contribution in [0.15, 0.2) is 55.2 Å². The number of hydrogen-bond acceptors (Lipinski definition) is 2. The van der Waals surface area contributed by atoms with Crippen molar-refractivity contribution in [3.05, 3.63) is 72.1 Å². The van der Waals surface area contributed by atoms with Gasteiger partial charge in [-0.15, -0.1) is 0 Å². The fraction of sp³-hybridized carbons (Fsp3) is 0.176. The van der Waals surface area contributed by atoms with Crippen LogP contribution in [0, 0.1) is 6.92 Å². The molecule has 104 valence electrons. The van der Waals surface area contributed by atoms with E-state index in [1.54, 1.807) is 0 Å². The fourth-order valence-electron chi connectivity index (χ4n) is 2.79. The number of imidazole rings is 2. The molecule has 0 aliphatic rings. The van der Waals surface area contributed by atoms with Crippen LogP contribution < -0.4 is 0 Å². The molecule has 0 aliphatic carbocycles. The monoisotopic (exact) mass is 276 g/mol. The van der Waals surface area contributed by atoms with Crippen LogP contribution in [0.1, 0.15) is 16.8 Å². The average Bonchev–Trinajstić information content (AvgIpc) is 3.12. The molecule has 0 bridgehead atoms. The van der Waals surface area contributed by atoms with Gasteiger partial charge in [0.05, 0.1) is 5.69 Å². The van der Waals surface area contributed by atoms with E-state index in [-0.39, 0.29) is 0 Å². The molecule has 0 aliphatic heterocycles. The van der Waals surface area contributed by atoms with Crippen molar-refractivity contribution in [3.8, 4) is 0 Å². The Bertz CT molecular complexity index is 917. The van der Waals surface area contributed by atoms with E-state index in [2.05, 4.69) is 51.2 Å². The SMILES string of the molecule is Cc1cccn2cc(CCc3cccn4ccnc34)nc12. The fourth-order valence-corrected chi connectivity index (χ4v) is 2.79. The molecule has 4 nitrogen and oxygen atoms in total. The van der Waals surface area contributed by atoms with Crippen LogP contribution in [0.3, 0.4) is 0 Å². The molecule has 0 fully saturated rings. The normalized spacial score (nSPS) is 11.5. The molecule has 4 aromatic heterocycles. The van der Waals surface area contributed by atoms with Gasteiger partial charge in [0.2, 0.25) is 0 Å². The van der Waals surface area contributed by atoms with Gasteiger partial charge in [0, 0.05) is 31.0 Å². The highest BCUT2D eigenvalue weighted by Crippen LogP contribution is 2.14. The number of pyridine rings is 2. The van der Waals surface area contributed by atoms with Crippen molar-refractivity contribution < 1.29 is 0 Å². The molecule has 0 spiro atoms. The molecule has 0 unspecified atom stereocenters. The summed E-state index contributed by atoms with van der Waals surface area (Å²) >= 11 is 0. The van der Waals surface area contributed by atoms with Crippen molar-refractivity contribution in [2.24, 2.45) is 0 Å². The summed E-state index contributed by atoms with van der Waals surface area (Å²) < 4.78 is 4.16. The minimum atomic E-state index is 0.924. The maximum Gasteiger partial charge on any atom is 0.139 e. The molecule has 21 heavy (non-hydrogen) atoms. The van der Waals surface area contributed by atoms with Crippen LogP contribution in [0.5, 0.6) is 0 Å². The van der Waals surface area contributed by atoms with E-state index >= 15 is 0 Å². The molecule has 0 atom stereocenters. The first-order valence-corrected chi connectivity index (χ1v) is 7.15. The second kappa shape index (κ2) is 4.74. The molecule has 4 heterocycles. The lowest BCUT2D eigenvalue weighted by Gasteiger charge is -2.02. The van der Waals surface area contributed by atoms with Crippen LogP contribution in [0.25, 0.3) is 11.3 Å². The first kappa shape index (κ1) is 12.1. The van der Waals surface area contributed by atoms with Crippen LogP contribution in [-0.4, -0.2) is 18.8 Å². The zero-order valence-corrected chi connectivity index (χ0v) is 11.9. The third kappa shape index (κ3) is 2.09. The number of aryl methyl sites for hydroxylation is 3. The number of hydrogen-bond donors (Lipinski definition) is 0. The second-order valence-corrected chi connectivity index (χ2v) is 5.35. The Morgan fingerprint density at radius 2 is 1.81 bits per heavy atom. The minimum absolute atomic E-state index is 0.924. The molecule has 0 aromatic carbocycles. The van der Waals surface area contributed by atoms with Gasteiger partial charge in [-0.3, -0.25) is 0 Å². The Kier molecular flexibility index (Phi) is 2.74. The molecule has 0 saturated heterocycles. The van der Waals surface area contributed by atoms with E-state index < -0.39 is 0 Å². The van der Waals surface area contributed by atoms with E-state index in [0.717, 1.165) is 29.8 Å². The maximum atomic E-state index is 4.73. The van der Waals surface area contributed by atoms with Gasteiger partial charge in [0.1, 0.15) is 11.3 Å². The van der Waals surface area contributed by atoms with Crippen molar-refractivity contribution in [3.63, 3.8) is 0 Å². The largest absolute Gasteiger partial charge is 0.307 e. The van der Waals surface area contributed by atoms with Gasteiger partial charge in [-0.1, -0.05) is 12.1 Å². The summed E-state index contributed by atoms with van der Waals surface area (Å²) in [6.07, 6.45) is 11.9. The molecule has 4 rings (SSSR count). The molecule has 4 aromatic rings. The molecule has 0 amide bonds. The zero-order valence-electron chi connectivity index (χ0n) is 11.9. The smallest absolute Gasteiger partial charge is 0.139 e. The van der Waals surface area contributed by atoms with E-state index in [1.165, 1.54) is 11.1 Å². The summed E-state index contributed by atoms with van der Waals surface area (Å²) in [5.74, 6) is 0. The molecular formula is C17H16N4. The Hall–Kier alpha value is -2.62. The highest BCUT2D eigenvalue weighted by molar-refractivity contribution is 5.49. The van der Waals surface area contributed by atoms with Gasteiger partial charge in [-0.05, 0) is 43.0 Å². The van der Waals surface area contributed by atoms with Gasteiger partial charge in [-0.25, -0.2) is 9.97 Å². The van der Waals surface area contributed by atoms with E-state index in [1.807, 2.05) is 24.8 Å². The summed E-state index contributed by atoms with van der Waals surface area (Å²) in [6.45, 7) is 2.09. The molecule has 4 heteroatoms. The van der Waals surface area contributed by atoms with E-state index in [0.29, 0.717) is 0 Å². The highest BCUT2D eigenvalue weighted by Gasteiger charge is 2.06. The molecule has 0 N–H and O–H groups in total. The minimum Gasteiger partial charge on any atom is -0.307 e. The van der Waals surface area contributed by atoms with Crippen LogP contribution >= 0.6 is 0 Å². The summed E-state index contributed by atoms with van der Waals surface area (Å²) in [6, 6.07) is 8.36. The third-order valence-electron chi connectivity index (χ3n) is 3.88. The van der Waals surface area contributed by atoms with Crippen LogP contribution in [0.2, 0.25) is 0 Å². The van der Waals surface area contributed by atoms with E-state index in [4.69, 9.17) is 4.98 Å². The second-order valence-electron chi connectivity index (χ2n) is 5.35. The Labute approximate surface area is 122 Å².